The van der Waals surface area contributed by atoms with Crippen molar-refractivity contribution in [2.24, 2.45) is 0 Å². The minimum absolute atomic E-state index is 0.0793. The fraction of sp³-hybridized carbons (Fsp3) is 0.462. The smallest absolute Gasteiger partial charge is 0.267 e. The van der Waals surface area contributed by atoms with Crippen molar-refractivity contribution in [2.45, 2.75) is 32.7 Å². The van der Waals surface area contributed by atoms with Gasteiger partial charge in [0, 0.05) is 12.5 Å². The van der Waals surface area contributed by atoms with E-state index in [-0.39, 0.29) is 17.1 Å². The van der Waals surface area contributed by atoms with Crippen LogP contribution in [-0.4, -0.2) is 12.0 Å². The van der Waals surface area contributed by atoms with Crippen LogP contribution in [0.2, 0.25) is 0 Å². The van der Waals surface area contributed by atoms with Crippen LogP contribution in [0.4, 0.5) is 8.78 Å². The van der Waals surface area contributed by atoms with Gasteiger partial charge in [-0.3, -0.25) is 0 Å². The Morgan fingerprint density at radius 1 is 1.33 bits per heavy atom. The maximum Gasteiger partial charge on any atom is 0.267 e. The number of halogens is 2. The molecule has 98 valence electrons. The van der Waals surface area contributed by atoms with Crippen LogP contribution in [0.15, 0.2) is 16.5 Å². The summed E-state index contributed by atoms with van der Waals surface area (Å²) in [5.41, 5.74) is 1.40. The highest BCUT2D eigenvalue weighted by Gasteiger charge is 2.19. The Morgan fingerprint density at radius 2 is 2.06 bits per heavy atom. The van der Waals surface area contributed by atoms with Crippen LogP contribution in [0.25, 0.3) is 11.1 Å². The first-order valence-electron chi connectivity index (χ1n) is 5.89. The lowest BCUT2D eigenvalue weighted by molar-refractivity contribution is 0.151. The van der Waals surface area contributed by atoms with Gasteiger partial charge in [0.25, 0.3) is 6.43 Å². The number of nitrogens with zero attached hydrogens (tertiary/aromatic N) is 1. The Kier molecular flexibility index (Phi) is 3.61. The van der Waals surface area contributed by atoms with Crippen molar-refractivity contribution in [3.05, 3.63) is 29.2 Å². The summed E-state index contributed by atoms with van der Waals surface area (Å²) < 4.78 is 31.5. The van der Waals surface area contributed by atoms with E-state index in [1.807, 2.05) is 13.8 Å². The highest BCUT2D eigenvalue weighted by Crippen LogP contribution is 2.31. The SMILES string of the molecule is CNCc1cc(C(F)F)c2oc(C(C)C)nc2c1. The van der Waals surface area contributed by atoms with Crippen LogP contribution >= 0.6 is 0 Å². The molecule has 0 aliphatic heterocycles. The van der Waals surface area contributed by atoms with Gasteiger partial charge in [-0.25, -0.2) is 13.8 Å². The summed E-state index contributed by atoms with van der Waals surface area (Å²) in [6.07, 6.45) is -2.56. The van der Waals surface area contributed by atoms with E-state index >= 15 is 0 Å². The van der Waals surface area contributed by atoms with Gasteiger partial charge in [-0.15, -0.1) is 0 Å². The lowest BCUT2D eigenvalue weighted by Gasteiger charge is -2.04. The van der Waals surface area contributed by atoms with Crippen LogP contribution in [0.5, 0.6) is 0 Å². The largest absolute Gasteiger partial charge is 0.440 e. The van der Waals surface area contributed by atoms with Crippen molar-refractivity contribution in [2.75, 3.05) is 7.05 Å². The van der Waals surface area contributed by atoms with Gasteiger partial charge in [-0.05, 0) is 24.7 Å². The standard InChI is InChI=1S/C13H16F2N2O/c1-7(2)13-17-10-5-8(6-16-3)4-9(12(14)15)11(10)18-13/h4-5,7,12,16H,6H2,1-3H3. The molecule has 0 bridgehead atoms. The van der Waals surface area contributed by atoms with Crippen molar-refractivity contribution in [1.82, 2.24) is 10.3 Å². The molecule has 5 heteroatoms. The summed E-state index contributed by atoms with van der Waals surface area (Å²) in [7, 11) is 1.77. The number of hydrogen-bond acceptors (Lipinski definition) is 3. The lowest BCUT2D eigenvalue weighted by atomic mass is 10.1. The minimum atomic E-state index is -2.56. The second-order valence-corrected chi connectivity index (χ2v) is 4.57. The Labute approximate surface area is 104 Å². The van der Waals surface area contributed by atoms with E-state index in [0.29, 0.717) is 18.0 Å². The first kappa shape index (κ1) is 13.0. The Bertz CT molecular complexity index is 549. The van der Waals surface area contributed by atoms with Gasteiger partial charge in [0.2, 0.25) is 0 Å². The molecule has 0 atom stereocenters. The maximum absolute atomic E-state index is 13.0. The molecule has 0 unspecified atom stereocenters. The molecule has 0 aliphatic rings. The quantitative estimate of drug-likeness (QED) is 0.905. The predicted octanol–water partition coefficient (Wildman–Crippen LogP) is 3.61. The molecule has 0 amide bonds. The minimum Gasteiger partial charge on any atom is -0.440 e. The summed E-state index contributed by atoms with van der Waals surface area (Å²) in [5.74, 6) is 0.573. The summed E-state index contributed by atoms with van der Waals surface area (Å²) >= 11 is 0. The van der Waals surface area contributed by atoms with E-state index in [1.165, 1.54) is 6.07 Å². The van der Waals surface area contributed by atoms with E-state index in [1.54, 1.807) is 13.1 Å². The molecule has 2 rings (SSSR count). The Hall–Kier alpha value is -1.49. The zero-order chi connectivity index (χ0) is 13.3. The fourth-order valence-electron chi connectivity index (χ4n) is 1.85. The van der Waals surface area contributed by atoms with Crippen molar-refractivity contribution < 1.29 is 13.2 Å². The number of fused-ring (bicyclic) bond motifs is 1. The zero-order valence-electron chi connectivity index (χ0n) is 10.6. The molecule has 1 aromatic heterocycles. The average Bonchev–Trinajstić information content (AvgIpc) is 2.71. The first-order valence-corrected chi connectivity index (χ1v) is 5.89. The van der Waals surface area contributed by atoms with E-state index < -0.39 is 6.43 Å². The third-order valence-corrected chi connectivity index (χ3v) is 2.71. The zero-order valence-corrected chi connectivity index (χ0v) is 10.6. The van der Waals surface area contributed by atoms with Crippen molar-refractivity contribution in [1.29, 1.82) is 0 Å². The van der Waals surface area contributed by atoms with E-state index in [0.717, 1.165) is 5.56 Å². The molecule has 0 radical (unpaired) electrons. The Morgan fingerprint density at radius 3 is 2.61 bits per heavy atom. The molecule has 0 spiro atoms. The molecule has 0 saturated heterocycles. The third kappa shape index (κ3) is 2.36. The normalized spacial score (nSPS) is 11.9. The molecule has 18 heavy (non-hydrogen) atoms. The molecule has 0 fully saturated rings. The van der Waals surface area contributed by atoms with Crippen LogP contribution in [0.1, 0.15) is 43.2 Å². The van der Waals surface area contributed by atoms with Crippen LogP contribution in [0, 0.1) is 0 Å². The summed E-state index contributed by atoms with van der Waals surface area (Å²) in [5, 5.41) is 2.94. The monoisotopic (exact) mass is 254 g/mol. The van der Waals surface area contributed by atoms with Gasteiger partial charge in [0.05, 0.1) is 5.56 Å². The molecule has 2 aromatic rings. The highest BCUT2D eigenvalue weighted by atomic mass is 19.3. The summed E-state index contributed by atoms with van der Waals surface area (Å²) in [4.78, 5) is 4.27. The molecule has 0 aliphatic carbocycles. The van der Waals surface area contributed by atoms with Gasteiger partial charge >= 0.3 is 0 Å². The number of rotatable bonds is 4. The van der Waals surface area contributed by atoms with Gasteiger partial charge < -0.3 is 9.73 Å². The van der Waals surface area contributed by atoms with E-state index in [2.05, 4.69) is 10.3 Å². The summed E-state index contributed by atoms with van der Waals surface area (Å²) in [6, 6.07) is 3.26. The number of nitrogens with one attached hydrogen (secondary N) is 1. The van der Waals surface area contributed by atoms with Crippen molar-refractivity contribution in [3.8, 4) is 0 Å². The van der Waals surface area contributed by atoms with E-state index in [4.69, 9.17) is 4.42 Å². The van der Waals surface area contributed by atoms with Crippen LogP contribution in [-0.2, 0) is 6.54 Å². The lowest BCUT2D eigenvalue weighted by Crippen LogP contribution is -2.05. The van der Waals surface area contributed by atoms with Crippen molar-refractivity contribution >= 4 is 11.1 Å². The number of benzene rings is 1. The topological polar surface area (TPSA) is 38.1 Å². The summed E-state index contributed by atoms with van der Waals surface area (Å²) in [6.45, 7) is 4.36. The van der Waals surface area contributed by atoms with Gasteiger partial charge in [0.15, 0.2) is 11.5 Å². The van der Waals surface area contributed by atoms with Gasteiger partial charge in [-0.1, -0.05) is 13.8 Å². The van der Waals surface area contributed by atoms with Crippen LogP contribution in [0.3, 0.4) is 0 Å². The second-order valence-electron chi connectivity index (χ2n) is 4.57. The number of aromatic nitrogens is 1. The second kappa shape index (κ2) is 5.02. The van der Waals surface area contributed by atoms with Crippen LogP contribution < -0.4 is 5.32 Å². The number of alkyl halides is 2. The fourth-order valence-corrected chi connectivity index (χ4v) is 1.85. The number of oxazole rings is 1. The predicted molar refractivity (Wildman–Crippen MR) is 65.8 cm³/mol. The molecule has 3 nitrogen and oxygen atoms in total. The maximum atomic E-state index is 13.0. The molecule has 0 saturated carbocycles. The molecule has 1 heterocycles. The average molecular weight is 254 g/mol. The molecular formula is C13H16F2N2O. The van der Waals surface area contributed by atoms with E-state index in [9.17, 15) is 8.78 Å². The van der Waals surface area contributed by atoms with Gasteiger partial charge in [0.1, 0.15) is 5.52 Å². The first-order chi connectivity index (χ1) is 8.52. The number of hydrogen-bond donors (Lipinski definition) is 1. The Balaban J connectivity index is 2.61. The highest BCUT2D eigenvalue weighted by molar-refractivity contribution is 5.77. The molecule has 1 aromatic carbocycles. The molecular weight excluding hydrogens is 238 g/mol. The molecule has 1 N–H and O–H groups in total. The van der Waals surface area contributed by atoms with Crippen molar-refractivity contribution in [3.63, 3.8) is 0 Å². The van der Waals surface area contributed by atoms with Gasteiger partial charge in [-0.2, -0.15) is 0 Å². The third-order valence-electron chi connectivity index (χ3n) is 2.71.